The van der Waals surface area contributed by atoms with Crippen molar-refractivity contribution < 1.29 is 8.85 Å². The van der Waals surface area contributed by atoms with Crippen molar-refractivity contribution in [1.82, 2.24) is 0 Å². The van der Waals surface area contributed by atoms with Crippen LogP contribution in [0, 0.1) is 0 Å². The maximum Gasteiger partial charge on any atom is 0.450 e. The highest BCUT2D eigenvalue weighted by atomic mass is 28.4. The highest BCUT2D eigenvalue weighted by Gasteiger charge is 2.47. The van der Waals surface area contributed by atoms with Crippen LogP contribution in [0.3, 0.4) is 0 Å². The second-order valence-corrected chi connectivity index (χ2v) is 8.47. The van der Waals surface area contributed by atoms with Crippen molar-refractivity contribution in [2.24, 2.45) is 0 Å². The quantitative estimate of drug-likeness (QED) is 0.305. The summed E-state index contributed by atoms with van der Waals surface area (Å²) in [5, 5.41) is 3.46. The van der Waals surface area contributed by atoms with Gasteiger partial charge in [-0.05, 0) is 0 Å². The average molecular weight is 318 g/mol. The lowest BCUT2D eigenvalue weighted by atomic mass is 10.3. The van der Waals surface area contributed by atoms with Crippen molar-refractivity contribution in [3.63, 3.8) is 0 Å². The summed E-state index contributed by atoms with van der Waals surface area (Å²) in [6.45, 7) is 2.65. The van der Waals surface area contributed by atoms with Gasteiger partial charge in [-0.2, -0.15) is 0 Å². The molecule has 0 radical (unpaired) electrons. The van der Waals surface area contributed by atoms with Crippen molar-refractivity contribution in [2.75, 3.05) is 7.11 Å². The van der Waals surface area contributed by atoms with E-state index in [9.17, 15) is 0 Å². The standard InChI is InChI=1S/C20H18O2Si/c1-21-17-22-23(18-11-5-2-6-12-18,19-13-7-3-8-14-19)20-15-9-4-10-16-20/h2-16H,1H3. The van der Waals surface area contributed by atoms with Crippen molar-refractivity contribution in [1.29, 1.82) is 0 Å². The van der Waals surface area contributed by atoms with E-state index in [1.54, 1.807) is 7.11 Å². The third kappa shape index (κ3) is 2.96. The third-order valence-electron chi connectivity index (χ3n) is 3.82. The molecular formula is C20H18O2Si. The van der Waals surface area contributed by atoms with Gasteiger partial charge in [0.15, 0.2) is 0 Å². The van der Waals surface area contributed by atoms with E-state index in [4.69, 9.17) is 8.85 Å². The van der Waals surface area contributed by atoms with Crippen LogP contribution in [-0.4, -0.2) is 21.9 Å². The van der Waals surface area contributed by atoms with Crippen LogP contribution >= 0.6 is 0 Å². The molecule has 0 N–H and O–H groups in total. The van der Waals surface area contributed by atoms with Crippen molar-refractivity contribution >= 4 is 30.3 Å². The second-order valence-electron chi connectivity index (χ2n) is 5.17. The van der Waals surface area contributed by atoms with Crippen molar-refractivity contribution in [3.05, 3.63) is 91.0 Å². The topological polar surface area (TPSA) is 20.5 Å². The summed E-state index contributed by atoms with van der Waals surface area (Å²) in [4.78, 5) is 0. The Balaban J connectivity index is 2.30. The first-order chi connectivity index (χ1) is 11.4. The molecule has 0 unspecified atom stereocenters. The minimum Gasteiger partial charge on any atom is -0.587 e. The average Bonchev–Trinajstić information content (AvgIpc) is 2.65. The van der Waals surface area contributed by atoms with E-state index in [1.807, 2.05) is 54.6 Å². The van der Waals surface area contributed by atoms with Crippen LogP contribution in [0.2, 0.25) is 0 Å². The SMILES string of the molecule is C[O+]=[C-]O[Si](c1ccccc1)(c1ccccc1)c1ccccc1. The molecule has 0 aliphatic rings. The van der Waals surface area contributed by atoms with E-state index in [-0.39, 0.29) is 0 Å². The zero-order valence-corrected chi connectivity index (χ0v) is 14.0. The molecule has 0 aromatic heterocycles. The fraction of sp³-hybridized carbons (Fsp3) is 0.0500. The maximum atomic E-state index is 6.20. The molecule has 3 heteroatoms. The summed E-state index contributed by atoms with van der Waals surface area (Å²) >= 11 is 0. The zero-order valence-electron chi connectivity index (χ0n) is 13.0. The monoisotopic (exact) mass is 318 g/mol. The molecule has 0 saturated carbocycles. The lowest BCUT2D eigenvalue weighted by Crippen LogP contribution is -2.69. The first kappa shape index (κ1) is 15.3. The maximum absolute atomic E-state index is 6.20. The molecular weight excluding hydrogens is 300 g/mol. The fourth-order valence-electron chi connectivity index (χ4n) is 2.80. The predicted molar refractivity (Wildman–Crippen MR) is 96.7 cm³/mol. The lowest BCUT2D eigenvalue weighted by molar-refractivity contribution is 0.157. The fourth-order valence-corrected chi connectivity index (χ4v) is 6.35. The highest BCUT2D eigenvalue weighted by molar-refractivity contribution is 7.07. The van der Waals surface area contributed by atoms with Crippen LogP contribution in [0.4, 0.5) is 0 Å². The summed E-state index contributed by atoms with van der Waals surface area (Å²) in [6.07, 6.45) is 0. The third-order valence-corrected chi connectivity index (χ3v) is 7.65. The van der Waals surface area contributed by atoms with Crippen LogP contribution in [-0.2, 0) is 8.85 Å². The van der Waals surface area contributed by atoms with Crippen molar-refractivity contribution in [3.8, 4) is 0 Å². The molecule has 0 fully saturated rings. The van der Waals surface area contributed by atoms with Gasteiger partial charge in [-0.1, -0.05) is 91.0 Å². The van der Waals surface area contributed by atoms with E-state index >= 15 is 0 Å². The molecule has 0 amide bonds. The van der Waals surface area contributed by atoms with E-state index in [0.717, 1.165) is 15.6 Å². The number of hydrogen-bond acceptors (Lipinski definition) is 1. The highest BCUT2D eigenvalue weighted by Crippen LogP contribution is 2.08. The Bertz CT molecular complexity index is 659. The van der Waals surface area contributed by atoms with E-state index in [0.29, 0.717) is 0 Å². The summed E-state index contributed by atoms with van der Waals surface area (Å²) in [7, 11) is -1.13. The molecule has 3 aromatic rings. The summed E-state index contributed by atoms with van der Waals surface area (Å²) < 4.78 is 11.2. The molecule has 0 spiro atoms. The van der Waals surface area contributed by atoms with Crippen LogP contribution in [0.25, 0.3) is 0 Å². The normalized spacial score (nSPS) is 11.5. The molecule has 3 aromatic carbocycles. The Morgan fingerprint density at radius 2 is 1.00 bits per heavy atom. The van der Waals surface area contributed by atoms with Crippen LogP contribution in [0.5, 0.6) is 0 Å². The Morgan fingerprint density at radius 3 is 1.30 bits per heavy atom. The van der Waals surface area contributed by atoms with E-state index in [2.05, 4.69) is 42.9 Å². The van der Waals surface area contributed by atoms with Gasteiger partial charge in [0.25, 0.3) is 0 Å². The molecule has 114 valence electrons. The van der Waals surface area contributed by atoms with Gasteiger partial charge in [0.05, 0.1) is 0 Å². The summed E-state index contributed by atoms with van der Waals surface area (Å²) in [5.74, 6) is 0. The minimum atomic E-state index is -2.68. The Labute approximate surface area is 137 Å². The number of benzene rings is 3. The number of carbonyl (C=O) groups excluding carboxylic acids is 1. The molecule has 2 nitrogen and oxygen atoms in total. The van der Waals surface area contributed by atoms with Gasteiger partial charge in [0.2, 0.25) is 0 Å². The van der Waals surface area contributed by atoms with Gasteiger partial charge < -0.3 is 8.85 Å². The Morgan fingerprint density at radius 1 is 0.652 bits per heavy atom. The van der Waals surface area contributed by atoms with Gasteiger partial charge in [-0.3, -0.25) is 0 Å². The zero-order chi connectivity index (χ0) is 16.0. The lowest BCUT2D eigenvalue weighted by Gasteiger charge is -2.29. The van der Waals surface area contributed by atoms with Gasteiger partial charge >= 0.3 is 8.32 Å². The van der Waals surface area contributed by atoms with Crippen LogP contribution < -0.4 is 15.6 Å². The summed E-state index contributed by atoms with van der Waals surface area (Å²) in [6, 6.07) is 31.0. The van der Waals surface area contributed by atoms with Gasteiger partial charge in [-0.15, -0.1) is 0 Å². The molecule has 0 saturated heterocycles. The molecule has 23 heavy (non-hydrogen) atoms. The molecule has 0 heterocycles. The number of rotatable bonds is 5. The minimum absolute atomic E-state index is 1.15. The van der Waals surface area contributed by atoms with Crippen LogP contribution in [0.1, 0.15) is 0 Å². The number of hydrogen-bond donors (Lipinski definition) is 0. The molecule has 0 aliphatic heterocycles. The van der Waals surface area contributed by atoms with Crippen LogP contribution in [0.15, 0.2) is 91.0 Å². The molecule has 3 rings (SSSR count). The molecule has 0 bridgehead atoms. The molecule has 0 atom stereocenters. The van der Waals surface area contributed by atoms with Gasteiger partial charge in [0.1, 0.15) is 13.6 Å². The van der Waals surface area contributed by atoms with E-state index in [1.165, 1.54) is 0 Å². The van der Waals surface area contributed by atoms with Gasteiger partial charge in [0, 0.05) is 15.6 Å². The first-order valence-corrected chi connectivity index (χ1v) is 9.41. The molecule has 0 aliphatic carbocycles. The van der Waals surface area contributed by atoms with Crippen molar-refractivity contribution in [2.45, 2.75) is 0 Å². The first-order valence-electron chi connectivity index (χ1n) is 7.50. The Hall–Kier alpha value is -2.65. The predicted octanol–water partition coefficient (Wildman–Crippen LogP) is 1.90. The van der Waals surface area contributed by atoms with Gasteiger partial charge in [-0.25, -0.2) is 0 Å². The van der Waals surface area contributed by atoms with E-state index < -0.39 is 8.32 Å². The smallest absolute Gasteiger partial charge is 0.450 e. The second kappa shape index (κ2) is 7.07. The summed E-state index contributed by atoms with van der Waals surface area (Å²) in [5.41, 5.74) is 0. The Kier molecular flexibility index (Phi) is 4.69. The largest absolute Gasteiger partial charge is 0.587 e.